The molecular weight excluding hydrogens is 178 g/mol. The molecule has 0 aromatic rings. The second kappa shape index (κ2) is 3.87. The molecule has 2 saturated heterocycles. The second-order valence-corrected chi connectivity index (χ2v) is 4.40. The number of hydrogen-bond acceptors (Lipinski definition) is 3. The summed E-state index contributed by atoms with van der Waals surface area (Å²) >= 11 is 0. The third-order valence-corrected chi connectivity index (χ3v) is 3.29. The Kier molecular flexibility index (Phi) is 2.74. The fourth-order valence-electron chi connectivity index (χ4n) is 2.48. The van der Waals surface area contributed by atoms with E-state index in [2.05, 4.69) is 4.90 Å². The number of hydrogen-bond donors (Lipinski definition) is 1. The van der Waals surface area contributed by atoms with Crippen LogP contribution in [-0.4, -0.2) is 54.0 Å². The Labute approximate surface area is 85.0 Å². The molecule has 0 aromatic carbocycles. The standard InChI is InChI=1S/C10H19N3O/c1-8(11)10(14)13-6-5-12-4-2-3-9(12)7-13/h8-9H,2-7,11H2,1H3/t8-,9+/m1/s1. The molecule has 80 valence electrons. The maximum atomic E-state index is 11.7. The summed E-state index contributed by atoms with van der Waals surface area (Å²) in [5.74, 6) is 0.108. The molecule has 2 atom stereocenters. The summed E-state index contributed by atoms with van der Waals surface area (Å²) in [6.07, 6.45) is 2.52. The van der Waals surface area contributed by atoms with Crippen molar-refractivity contribution in [3.8, 4) is 0 Å². The van der Waals surface area contributed by atoms with Gasteiger partial charge < -0.3 is 10.6 Å². The third kappa shape index (κ3) is 1.77. The Morgan fingerprint density at radius 1 is 1.43 bits per heavy atom. The van der Waals surface area contributed by atoms with Crippen molar-refractivity contribution in [2.75, 3.05) is 26.2 Å². The van der Waals surface area contributed by atoms with Gasteiger partial charge in [0.25, 0.3) is 0 Å². The van der Waals surface area contributed by atoms with Crippen LogP contribution in [0.5, 0.6) is 0 Å². The lowest BCUT2D eigenvalue weighted by Gasteiger charge is -2.38. The Hall–Kier alpha value is -0.610. The number of amides is 1. The van der Waals surface area contributed by atoms with Gasteiger partial charge in [0, 0.05) is 25.7 Å². The van der Waals surface area contributed by atoms with Crippen LogP contribution in [-0.2, 0) is 4.79 Å². The van der Waals surface area contributed by atoms with Gasteiger partial charge in [0.05, 0.1) is 6.04 Å². The van der Waals surface area contributed by atoms with Crippen molar-refractivity contribution in [1.82, 2.24) is 9.80 Å². The van der Waals surface area contributed by atoms with Crippen LogP contribution in [0.1, 0.15) is 19.8 Å². The molecule has 0 aliphatic carbocycles. The average Bonchev–Trinajstić information content (AvgIpc) is 2.62. The zero-order valence-corrected chi connectivity index (χ0v) is 8.78. The van der Waals surface area contributed by atoms with E-state index in [4.69, 9.17) is 5.73 Å². The van der Waals surface area contributed by atoms with Gasteiger partial charge in [0.15, 0.2) is 0 Å². The van der Waals surface area contributed by atoms with Gasteiger partial charge in [0.1, 0.15) is 0 Å². The first kappa shape index (κ1) is 9.93. The molecule has 2 heterocycles. The number of carbonyl (C=O) groups excluding carboxylic acids is 1. The quantitative estimate of drug-likeness (QED) is 0.624. The molecule has 0 spiro atoms. The molecule has 2 fully saturated rings. The van der Waals surface area contributed by atoms with E-state index in [9.17, 15) is 4.79 Å². The lowest BCUT2D eigenvalue weighted by molar-refractivity contribution is -0.134. The van der Waals surface area contributed by atoms with Crippen molar-refractivity contribution in [1.29, 1.82) is 0 Å². The van der Waals surface area contributed by atoms with Crippen LogP contribution in [0.4, 0.5) is 0 Å². The second-order valence-electron chi connectivity index (χ2n) is 4.40. The highest BCUT2D eigenvalue weighted by atomic mass is 16.2. The van der Waals surface area contributed by atoms with Crippen molar-refractivity contribution >= 4 is 5.91 Å². The van der Waals surface area contributed by atoms with Crippen molar-refractivity contribution in [3.63, 3.8) is 0 Å². The van der Waals surface area contributed by atoms with Crippen LogP contribution in [0.25, 0.3) is 0 Å². The third-order valence-electron chi connectivity index (χ3n) is 3.29. The molecular formula is C10H19N3O. The minimum absolute atomic E-state index is 0.108. The molecule has 0 aromatic heterocycles. The molecule has 14 heavy (non-hydrogen) atoms. The van der Waals surface area contributed by atoms with Gasteiger partial charge in [0.2, 0.25) is 5.91 Å². The van der Waals surface area contributed by atoms with Crippen LogP contribution in [0.15, 0.2) is 0 Å². The van der Waals surface area contributed by atoms with Gasteiger partial charge >= 0.3 is 0 Å². The summed E-state index contributed by atoms with van der Waals surface area (Å²) in [5, 5.41) is 0. The van der Waals surface area contributed by atoms with Gasteiger partial charge in [-0.2, -0.15) is 0 Å². The normalized spacial score (nSPS) is 30.1. The molecule has 2 aliphatic heterocycles. The van der Waals surface area contributed by atoms with Crippen molar-refractivity contribution in [2.45, 2.75) is 31.8 Å². The number of piperazine rings is 1. The molecule has 2 aliphatic rings. The predicted molar refractivity (Wildman–Crippen MR) is 54.8 cm³/mol. The molecule has 4 nitrogen and oxygen atoms in total. The molecule has 1 amide bonds. The van der Waals surface area contributed by atoms with E-state index in [1.165, 1.54) is 19.4 Å². The van der Waals surface area contributed by atoms with Crippen molar-refractivity contribution in [3.05, 3.63) is 0 Å². The zero-order chi connectivity index (χ0) is 10.1. The summed E-state index contributed by atoms with van der Waals surface area (Å²) < 4.78 is 0. The first-order valence-electron chi connectivity index (χ1n) is 5.47. The fourth-order valence-corrected chi connectivity index (χ4v) is 2.48. The molecule has 0 saturated carbocycles. The first-order valence-corrected chi connectivity index (χ1v) is 5.47. The number of nitrogens with two attached hydrogens (primary N) is 1. The summed E-state index contributed by atoms with van der Waals surface area (Å²) in [5.41, 5.74) is 5.60. The summed E-state index contributed by atoms with van der Waals surface area (Å²) in [7, 11) is 0. The number of fused-ring (bicyclic) bond motifs is 1. The maximum absolute atomic E-state index is 11.7. The summed E-state index contributed by atoms with van der Waals surface area (Å²) in [6.45, 7) is 5.76. The van der Waals surface area contributed by atoms with E-state index >= 15 is 0 Å². The van der Waals surface area contributed by atoms with E-state index in [1.54, 1.807) is 6.92 Å². The number of rotatable bonds is 1. The molecule has 4 heteroatoms. The molecule has 2 N–H and O–H groups in total. The average molecular weight is 197 g/mol. The van der Waals surface area contributed by atoms with E-state index in [-0.39, 0.29) is 11.9 Å². The van der Waals surface area contributed by atoms with Crippen LogP contribution in [0, 0.1) is 0 Å². The van der Waals surface area contributed by atoms with E-state index in [1.807, 2.05) is 4.90 Å². The van der Waals surface area contributed by atoms with Crippen LogP contribution in [0.3, 0.4) is 0 Å². The van der Waals surface area contributed by atoms with Crippen molar-refractivity contribution in [2.24, 2.45) is 5.73 Å². The Morgan fingerprint density at radius 2 is 2.21 bits per heavy atom. The van der Waals surface area contributed by atoms with E-state index in [0.29, 0.717) is 6.04 Å². The highest BCUT2D eigenvalue weighted by Gasteiger charge is 2.32. The van der Waals surface area contributed by atoms with Gasteiger partial charge in [-0.15, -0.1) is 0 Å². The van der Waals surface area contributed by atoms with Gasteiger partial charge in [-0.05, 0) is 26.3 Å². The maximum Gasteiger partial charge on any atom is 0.239 e. The Bertz CT molecular complexity index is 229. The fraction of sp³-hybridized carbons (Fsp3) is 0.900. The van der Waals surface area contributed by atoms with Crippen LogP contribution < -0.4 is 5.73 Å². The highest BCUT2D eigenvalue weighted by molar-refractivity contribution is 5.81. The van der Waals surface area contributed by atoms with Crippen molar-refractivity contribution < 1.29 is 4.79 Å². The minimum atomic E-state index is -0.344. The predicted octanol–water partition coefficient (Wildman–Crippen LogP) is -0.360. The highest BCUT2D eigenvalue weighted by Crippen LogP contribution is 2.21. The topological polar surface area (TPSA) is 49.6 Å². The molecule has 2 rings (SSSR count). The monoisotopic (exact) mass is 197 g/mol. The largest absolute Gasteiger partial charge is 0.339 e. The summed E-state index contributed by atoms with van der Waals surface area (Å²) in [6, 6.07) is 0.259. The van der Waals surface area contributed by atoms with E-state index < -0.39 is 0 Å². The van der Waals surface area contributed by atoms with Gasteiger partial charge in [-0.3, -0.25) is 9.69 Å². The first-order chi connectivity index (χ1) is 6.68. The Balaban J connectivity index is 1.94. The number of carbonyl (C=O) groups is 1. The van der Waals surface area contributed by atoms with Crippen LogP contribution >= 0.6 is 0 Å². The lowest BCUT2D eigenvalue weighted by atomic mass is 10.1. The smallest absolute Gasteiger partial charge is 0.239 e. The summed E-state index contributed by atoms with van der Waals surface area (Å²) in [4.78, 5) is 16.1. The van der Waals surface area contributed by atoms with Gasteiger partial charge in [-0.1, -0.05) is 0 Å². The molecule has 0 radical (unpaired) electrons. The Morgan fingerprint density at radius 3 is 2.93 bits per heavy atom. The van der Waals surface area contributed by atoms with Crippen LogP contribution in [0.2, 0.25) is 0 Å². The molecule has 0 unspecified atom stereocenters. The van der Waals surface area contributed by atoms with Gasteiger partial charge in [-0.25, -0.2) is 0 Å². The SMILES string of the molecule is C[C@@H](N)C(=O)N1CCN2CCC[C@H]2C1. The minimum Gasteiger partial charge on any atom is -0.339 e. The zero-order valence-electron chi connectivity index (χ0n) is 8.78. The number of nitrogens with zero attached hydrogens (tertiary/aromatic N) is 2. The lowest BCUT2D eigenvalue weighted by Crippen LogP contribution is -2.55. The molecule has 0 bridgehead atoms. The van der Waals surface area contributed by atoms with E-state index in [0.717, 1.165) is 19.6 Å².